The number of rotatable bonds is 4. The molecule has 0 atom stereocenters. The van der Waals surface area contributed by atoms with E-state index in [-0.39, 0.29) is 11.4 Å². The summed E-state index contributed by atoms with van der Waals surface area (Å²) in [4.78, 5) is 0. The van der Waals surface area contributed by atoms with Gasteiger partial charge in [0.25, 0.3) is 0 Å². The largest absolute Gasteiger partial charge is 0.371 e. The first-order chi connectivity index (χ1) is 10.6. The molecule has 124 valence electrons. The summed E-state index contributed by atoms with van der Waals surface area (Å²) in [5.41, 5.74) is 1.33. The molecule has 2 aromatic carbocycles. The van der Waals surface area contributed by atoms with E-state index in [0.29, 0.717) is 6.42 Å². The van der Waals surface area contributed by atoms with Gasteiger partial charge in [-0.2, -0.15) is 8.42 Å². The summed E-state index contributed by atoms with van der Waals surface area (Å²) < 4.78 is 75.3. The van der Waals surface area contributed by atoms with Crippen LogP contribution in [-0.4, -0.2) is 8.42 Å². The van der Waals surface area contributed by atoms with Crippen LogP contribution in [0.4, 0.5) is 26.9 Å². The molecule has 2 rings (SSSR count). The minimum Gasteiger partial charge on any atom is -0.180 e. The van der Waals surface area contributed by atoms with Crippen molar-refractivity contribution in [3.63, 3.8) is 0 Å². The lowest BCUT2D eigenvalue weighted by Gasteiger charge is -2.03. The van der Waals surface area contributed by atoms with Crippen LogP contribution in [0.1, 0.15) is 11.1 Å². The molecule has 0 bridgehead atoms. The van der Waals surface area contributed by atoms with Crippen molar-refractivity contribution in [1.82, 2.24) is 0 Å². The molecule has 0 fully saturated rings. The molecule has 0 N–H and O–H groups in total. The predicted molar refractivity (Wildman–Crippen MR) is 80.6 cm³/mol. The van der Waals surface area contributed by atoms with Crippen molar-refractivity contribution in [2.75, 3.05) is 0 Å². The lowest BCUT2D eigenvalue weighted by molar-refractivity contribution is 0.586. The summed E-state index contributed by atoms with van der Waals surface area (Å²) >= 11 is 0. The van der Waals surface area contributed by atoms with Gasteiger partial charge in [-0.25, -0.2) is 0 Å². The van der Waals surface area contributed by atoms with Gasteiger partial charge in [-0.05, 0) is 41.8 Å². The van der Waals surface area contributed by atoms with Crippen LogP contribution in [0.5, 0.6) is 0 Å². The molecule has 0 aromatic heterocycles. The third-order valence-electron chi connectivity index (χ3n) is 2.70. The predicted octanol–water partition coefficient (Wildman–Crippen LogP) is 5.01. The van der Waals surface area contributed by atoms with Gasteiger partial charge >= 0.3 is 21.0 Å². The molecule has 0 aliphatic heterocycles. The molecule has 0 radical (unpaired) electrons. The van der Waals surface area contributed by atoms with E-state index in [4.69, 9.17) is 0 Å². The summed E-state index contributed by atoms with van der Waals surface area (Å²) in [5, 5.41) is 0. The standard InChI is InChI=1S/C13H10F4N2O2S2/c14-22(15,20)18-12-5-1-10(2-6-12)9-11-3-7-13(8-4-11)19-23(16,17)21/h1-8H,9H2. The van der Waals surface area contributed by atoms with Gasteiger partial charge in [0.05, 0.1) is 11.4 Å². The maximum absolute atomic E-state index is 12.3. The molecule has 0 heterocycles. The Morgan fingerprint density at radius 3 is 1.22 bits per heavy atom. The van der Waals surface area contributed by atoms with Crippen LogP contribution in [0, 0.1) is 0 Å². The van der Waals surface area contributed by atoms with Gasteiger partial charge in [-0.3, -0.25) is 0 Å². The van der Waals surface area contributed by atoms with E-state index in [1.54, 1.807) is 0 Å². The molecule has 2 aromatic rings. The monoisotopic (exact) mass is 366 g/mol. The second-order valence-electron chi connectivity index (χ2n) is 4.49. The first-order valence-electron chi connectivity index (χ1n) is 6.11. The summed E-state index contributed by atoms with van der Waals surface area (Å²) in [6.07, 6.45) is 0.418. The van der Waals surface area contributed by atoms with Gasteiger partial charge in [0.15, 0.2) is 0 Å². The zero-order valence-corrected chi connectivity index (χ0v) is 13.0. The number of hydrogen-bond acceptors (Lipinski definition) is 4. The van der Waals surface area contributed by atoms with E-state index >= 15 is 0 Å². The minimum atomic E-state index is -5.19. The van der Waals surface area contributed by atoms with Gasteiger partial charge in [0, 0.05) is 0 Å². The Kier molecular flexibility index (Phi) is 5.05. The van der Waals surface area contributed by atoms with Crippen molar-refractivity contribution in [1.29, 1.82) is 0 Å². The van der Waals surface area contributed by atoms with E-state index in [0.717, 1.165) is 11.1 Å². The fraction of sp³-hybridized carbons (Fsp3) is 0.0769. The summed E-state index contributed by atoms with van der Waals surface area (Å²) in [5.74, 6) is 0. The van der Waals surface area contributed by atoms with Crippen LogP contribution < -0.4 is 0 Å². The fourth-order valence-corrected chi connectivity index (χ4v) is 2.56. The third kappa shape index (κ3) is 6.37. The highest BCUT2D eigenvalue weighted by atomic mass is 32.3. The lowest BCUT2D eigenvalue weighted by Crippen LogP contribution is -1.87. The molecule has 4 nitrogen and oxygen atoms in total. The molecule has 0 aliphatic rings. The quantitative estimate of drug-likeness (QED) is 0.564. The number of nitrogens with zero attached hydrogens (tertiary/aromatic N) is 2. The van der Waals surface area contributed by atoms with Crippen molar-refractivity contribution < 1.29 is 24.0 Å². The van der Waals surface area contributed by atoms with Crippen molar-refractivity contribution in [2.45, 2.75) is 6.42 Å². The van der Waals surface area contributed by atoms with E-state index in [1.165, 1.54) is 48.5 Å². The van der Waals surface area contributed by atoms with E-state index in [1.807, 2.05) is 0 Å². The minimum absolute atomic E-state index is 0.0986. The molecule has 0 saturated carbocycles. The van der Waals surface area contributed by atoms with Gasteiger partial charge in [-0.15, -0.1) is 8.73 Å². The van der Waals surface area contributed by atoms with Gasteiger partial charge < -0.3 is 0 Å². The van der Waals surface area contributed by atoms with Gasteiger partial charge in [0.1, 0.15) is 0 Å². The zero-order valence-electron chi connectivity index (χ0n) is 11.4. The lowest BCUT2D eigenvalue weighted by atomic mass is 10.0. The highest BCUT2D eigenvalue weighted by molar-refractivity contribution is 7.83. The van der Waals surface area contributed by atoms with Crippen LogP contribution in [0.25, 0.3) is 0 Å². The molecule has 0 unspecified atom stereocenters. The third-order valence-corrected chi connectivity index (χ3v) is 3.55. The topological polar surface area (TPSA) is 58.9 Å². The Hall–Kier alpha value is -1.94. The summed E-state index contributed by atoms with van der Waals surface area (Å²) in [6.45, 7) is 0. The smallest absolute Gasteiger partial charge is 0.180 e. The molecule has 0 aliphatic carbocycles. The molecule has 10 heteroatoms. The van der Waals surface area contributed by atoms with Gasteiger partial charge in [-0.1, -0.05) is 39.8 Å². The maximum Gasteiger partial charge on any atom is 0.371 e. The fourth-order valence-electron chi connectivity index (χ4n) is 1.83. The number of hydrogen-bond donors (Lipinski definition) is 0. The number of halogens is 4. The van der Waals surface area contributed by atoms with Crippen LogP contribution in [0.2, 0.25) is 0 Å². The SMILES string of the molecule is O=S(F)(F)=Nc1ccc(Cc2ccc(N=S(=O)(F)F)cc2)cc1. The Labute approximate surface area is 131 Å². The van der Waals surface area contributed by atoms with Crippen molar-refractivity contribution in [2.24, 2.45) is 8.73 Å². The molecular formula is C13H10F4N2O2S2. The van der Waals surface area contributed by atoms with Crippen molar-refractivity contribution >= 4 is 32.4 Å². The Bertz CT molecular complexity index is 834. The normalized spacial score (nSPS) is 12.0. The zero-order chi connectivity index (χ0) is 17.1. The highest BCUT2D eigenvalue weighted by Gasteiger charge is 2.04. The van der Waals surface area contributed by atoms with Crippen LogP contribution in [0.15, 0.2) is 57.3 Å². The van der Waals surface area contributed by atoms with Gasteiger partial charge in [0.2, 0.25) is 0 Å². The second kappa shape index (κ2) is 6.67. The Balaban J connectivity index is 2.14. The molecule has 0 amide bonds. The highest BCUT2D eigenvalue weighted by Crippen LogP contribution is 2.21. The Morgan fingerprint density at radius 1 is 0.652 bits per heavy atom. The average Bonchev–Trinajstić information content (AvgIpc) is 2.40. The number of benzene rings is 2. The van der Waals surface area contributed by atoms with Crippen LogP contribution in [-0.2, 0) is 27.4 Å². The van der Waals surface area contributed by atoms with E-state index < -0.39 is 21.0 Å². The average molecular weight is 366 g/mol. The summed E-state index contributed by atoms with van der Waals surface area (Å²) in [6, 6.07) is 11.4. The van der Waals surface area contributed by atoms with Crippen molar-refractivity contribution in [3.8, 4) is 0 Å². The first kappa shape index (κ1) is 17.4. The van der Waals surface area contributed by atoms with Crippen LogP contribution in [0.3, 0.4) is 0 Å². The Morgan fingerprint density at radius 2 is 0.957 bits per heavy atom. The molecular weight excluding hydrogens is 356 g/mol. The molecule has 0 spiro atoms. The molecule has 0 saturated heterocycles. The van der Waals surface area contributed by atoms with E-state index in [9.17, 15) is 24.0 Å². The van der Waals surface area contributed by atoms with Crippen molar-refractivity contribution in [3.05, 3.63) is 59.7 Å². The first-order valence-corrected chi connectivity index (χ1v) is 8.74. The molecule has 23 heavy (non-hydrogen) atoms. The van der Waals surface area contributed by atoms with Crippen LogP contribution >= 0.6 is 0 Å². The van der Waals surface area contributed by atoms with E-state index in [2.05, 4.69) is 8.73 Å². The second-order valence-corrected chi connectivity index (χ2v) is 6.44. The maximum atomic E-state index is 12.3. The summed E-state index contributed by atoms with van der Waals surface area (Å²) in [7, 11) is -10.4.